The lowest BCUT2D eigenvalue weighted by Gasteiger charge is -2.35. The molecule has 62 heavy (non-hydrogen) atoms. The molecular formula is C60H40N2. The molecule has 2 heteroatoms. The third kappa shape index (κ3) is 5.43. The molecule has 11 aromatic rings. The van der Waals surface area contributed by atoms with Crippen LogP contribution in [0.1, 0.15) is 22.3 Å². The molecule has 0 fully saturated rings. The third-order valence-corrected chi connectivity index (χ3v) is 13.3. The van der Waals surface area contributed by atoms with Gasteiger partial charge in [-0.15, -0.1) is 0 Å². The van der Waals surface area contributed by atoms with Gasteiger partial charge in [0.1, 0.15) is 0 Å². The van der Waals surface area contributed by atoms with Crippen LogP contribution in [0.4, 0.5) is 34.1 Å². The third-order valence-electron chi connectivity index (χ3n) is 13.3. The highest BCUT2D eigenvalue weighted by Gasteiger charge is 2.29. The molecule has 0 saturated heterocycles. The smallest absolute Gasteiger partial charge is 0.0503 e. The average molecular weight is 789 g/mol. The number of nitrogens with zero attached hydrogens (tertiary/aromatic N) is 2. The van der Waals surface area contributed by atoms with Gasteiger partial charge in [0.15, 0.2) is 0 Å². The highest BCUT2D eigenvalue weighted by molar-refractivity contribution is 6.23. The Hall–Kier alpha value is -7.94. The number of para-hydroxylation sites is 4. The Balaban J connectivity index is 1.18. The summed E-state index contributed by atoms with van der Waals surface area (Å²) in [5.74, 6) is 0. The van der Waals surface area contributed by atoms with Crippen molar-refractivity contribution in [3.63, 3.8) is 0 Å². The van der Waals surface area contributed by atoms with E-state index in [-0.39, 0.29) is 0 Å². The summed E-state index contributed by atoms with van der Waals surface area (Å²) >= 11 is 0. The van der Waals surface area contributed by atoms with E-state index in [9.17, 15) is 0 Å². The highest BCUT2D eigenvalue weighted by Crippen LogP contribution is 2.52. The molecule has 0 amide bonds. The Labute approximate surface area is 361 Å². The fourth-order valence-electron chi connectivity index (χ4n) is 10.5. The van der Waals surface area contributed by atoms with Crippen molar-refractivity contribution in [2.45, 2.75) is 12.8 Å². The van der Waals surface area contributed by atoms with Crippen LogP contribution in [-0.2, 0) is 12.8 Å². The fraction of sp³-hybridized carbons (Fsp3) is 0.0333. The Morgan fingerprint density at radius 3 is 1.31 bits per heavy atom. The van der Waals surface area contributed by atoms with E-state index in [1.54, 1.807) is 0 Å². The maximum absolute atomic E-state index is 2.53. The van der Waals surface area contributed by atoms with E-state index in [4.69, 9.17) is 0 Å². The van der Waals surface area contributed by atoms with Crippen molar-refractivity contribution in [2.24, 2.45) is 0 Å². The minimum atomic E-state index is 0.854. The summed E-state index contributed by atoms with van der Waals surface area (Å²) in [6.07, 6.45) is 1.77. The first-order valence-corrected chi connectivity index (χ1v) is 21.7. The van der Waals surface area contributed by atoms with E-state index >= 15 is 0 Å². The van der Waals surface area contributed by atoms with E-state index < -0.39 is 0 Å². The van der Waals surface area contributed by atoms with Gasteiger partial charge in [0, 0.05) is 41.3 Å². The van der Waals surface area contributed by atoms with E-state index in [1.165, 1.54) is 110 Å². The molecule has 2 aliphatic rings. The lowest BCUT2D eigenvalue weighted by atomic mass is 9.82. The summed E-state index contributed by atoms with van der Waals surface area (Å²) in [5, 5.41) is 9.95. The van der Waals surface area contributed by atoms with Crippen LogP contribution in [0.2, 0.25) is 0 Å². The molecule has 2 heterocycles. The molecule has 13 rings (SSSR count). The van der Waals surface area contributed by atoms with Crippen molar-refractivity contribution >= 4 is 77.2 Å². The molecule has 290 valence electrons. The minimum Gasteiger partial charge on any atom is -0.310 e. The summed E-state index contributed by atoms with van der Waals surface area (Å²) < 4.78 is 0. The van der Waals surface area contributed by atoms with Crippen molar-refractivity contribution in [1.82, 2.24) is 0 Å². The summed E-state index contributed by atoms with van der Waals surface area (Å²) in [7, 11) is 0. The number of hydrogen-bond donors (Lipinski definition) is 0. The van der Waals surface area contributed by atoms with Crippen molar-refractivity contribution < 1.29 is 0 Å². The summed E-state index contributed by atoms with van der Waals surface area (Å²) in [6, 6.07) is 81.4. The number of benzene rings is 11. The summed E-state index contributed by atoms with van der Waals surface area (Å²) in [4.78, 5) is 4.96. The van der Waals surface area contributed by atoms with Crippen LogP contribution in [0.25, 0.3) is 65.3 Å². The monoisotopic (exact) mass is 788 g/mol. The van der Waals surface area contributed by atoms with Crippen LogP contribution in [0, 0.1) is 0 Å². The van der Waals surface area contributed by atoms with Gasteiger partial charge in [-0.2, -0.15) is 0 Å². The molecular weight excluding hydrogens is 749 g/mol. The standard InChI is InChI=1S/C60H40N2/c1-2-21-49(22-3-1)61-55-23-11-10-20-45(55)35-48-36-52-54(38-58(48)61)59(46-28-26-39-14-4-6-16-41(39)32-46)51-31-30-50(37-53(51)60(52)47-29-27-40-15-5-7-17-42(40)33-47)62-56-24-12-8-18-43(56)34-44-19-9-13-25-57(44)62/h1-33,36-38H,34-35H2. The molecule has 0 aromatic heterocycles. The summed E-state index contributed by atoms with van der Waals surface area (Å²) in [6.45, 7) is 0. The first kappa shape index (κ1) is 34.9. The molecule has 0 spiro atoms. The molecule has 0 atom stereocenters. The molecule has 0 bridgehead atoms. The summed E-state index contributed by atoms with van der Waals surface area (Å²) in [5.41, 5.74) is 17.5. The zero-order chi connectivity index (χ0) is 40.7. The maximum atomic E-state index is 2.53. The number of fused-ring (bicyclic) bond motifs is 8. The molecule has 0 radical (unpaired) electrons. The molecule has 2 aliphatic heterocycles. The Kier molecular flexibility index (Phi) is 7.77. The zero-order valence-electron chi connectivity index (χ0n) is 34.1. The zero-order valence-corrected chi connectivity index (χ0v) is 34.1. The second-order valence-corrected chi connectivity index (χ2v) is 16.9. The molecule has 0 unspecified atom stereocenters. The van der Waals surface area contributed by atoms with Gasteiger partial charge < -0.3 is 9.80 Å². The molecule has 0 saturated carbocycles. The van der Waals surface area contributed by atoms with E-state index in [0.29, 0.717) is 0 Å². The highest BCUT2D eigenvalue weighted by atomic mass is 15.2. The quantitative estimate of drug-likeness (QED) is 0.164. The van der Waals surface area contributed by atoms with Crippen molar-refractivity contribution in [1.29, 1.82) is 0 Å². The van der Waals surface area contributed by atoms with Crippen LogP contribution in [0.5, 0.6) is 0 Å². The van der Waals surface area contributed by atoms with Gasteiger partial charge in [-0.1, -0.05) is 152 Å². The molecule has 0 aliphatic carbocycles. The normalized spacial score (nSPS) is 13.0. The van der Waals surface area contributed by atoms with Gasteiger partial charge in [0.05, 0.1) is 5.69 Å². The lowest BCUT2D eigenvalue weighted by Crippen LogP contribution is -2.18. The van der Waals surface area contributed by atoms with Crippen molar-refractivity contribution in [2.75, 3.05) is 9.80 Å². The first-order chi connectivity index (χ1) is 30.7. The number of anilines is 6. The van der Waals surface area contributed by atoms with E-state index in [0.717, 1.165) is 24.2 Å². The van der Waals surface area contributed by atoms with E-state index in [1.807, 2.05) is 0 Å². The van der Waals surface area contributed by atoms with Crippen LogP contribution in [-0.4, -0.2) is 0 Å². The van der Waals surface area contributed by atoms with E-state index in [2.05, 4.69) is 228 Å². The predicted molar refractivity (Wildman–Crippen MR) is 262 cm³/mol. The maximum Gasteiger partial charge on any atom is 0.0503 e. The molecule has 2 nitrogen and oxygen atoms in total. The van der Waals surface area contributed by atoms with Crippen LogP contribution < -0.4 is 9.80 Å². The predicted octanol–water partition coefficient (Wildman–Crippen LogP) is 16.4. The van der Waals surface area contributed by atoms with Gasteiger partial charge in [0.2, 0.25) is 0 Å². The van der Waals surface area contributed by atoms with Crippen molar-refractivity contribution in [3.05, 3.63) is 241 Å². The van der Waals surface area contributed by atoms with Crippen LogP contribution in [0.3, 0.4) is 0 Å². The van der Waals surface area contributed by atoms with Crippen LogP contribution in [0.15, 0.2) is 218 Å². The lowest BCUT2D eigenvalue weighted by molar-refractivity contribution is 1.09. The SMILES string of the molecule is c1ccc(N2c3ccccc3Cc3cc4c(-c5ccc6ccccc6c5)c5cc(N6c7ccccc7Cc7ccccc76)ccc5c(-c5ccc6ccccc6c5)c4cc32)cc1. The second kappa shape index (κ2) is 13.8. The minimum absolute atomic E-state index is 0.854. The Morgan fingerprint density at radius 2 is 0.710 bits per heavy atom. The molecule has 0 N–H and O–H groups in total. The van der Waals surface area contributed by atoms with Gasteiger partial charge >= 0.3 is 0 Å². The van der Waals surface area contributed by atoms with Gasteiger partial charge in [-0.3, -0.25) is 0 Å². The topological polar surface area (TPSA) is 6.48 Å². The fourth-order valence-corrected chi connectivity index (χ4v) is 10.5. The van der Waals surface area contributed by atoms with Gasteiger partial charge in [-0.25, -0.2) is 0 Å². The van der Waals surface area contributed by atoms with Crippen molar-refractivity contribution in [3.8, 4) is 22.3 Å². The second-order valence-electron chi connectivity index (χ2n) is 16.9. The molecule has 11 aromatic carbocycles. The van der Waals surface area contributed by atoms with Gasteiger partial charge in [0.25, 0.3) is 0 Å². The largest absolute Gasteiger partial charge is 0.310 e. The number of hydrogen-bond acceptors (Lipinski definition) is 2. The Morgan fingerprint density at radius 1 is 0.258 bits per heavy atom. The van der Waals surface area contributed by atoms with Gasteiger partial charge in [-0.05, 0) is 154 Å². The first-order valence-electron chi connectivity index (χ1n) is 21.7. The Bertz CT molecular complexity index is 3560. The number of rotatable bonds is 4. The van der Waals surface area contributed by atoms with Crippen LogP contribution >= 0.6 is 0 Å². The average Bonchev–Trinajstić information content (AvgIpc) is 3.33.